The highest BCUT2D eigenvalue weighted by Gasteiger charge is 2.42. The normalized spacial score (nSPS) is 16.0. The maximum absolute atomic E-state index is 14.2. The van der Waals surface area contributed by atoms with Crippen LogP contribution in [0.25, 0.3) is 0 Å². The zero-order chi connectivity index (χ0) is 53.4. The molecule has 1 fully saturated rings. The first-order valence-corrected chi connectivity index (χ1v) is 25.5. The molecular formula is C57H85N5O9. The van der Waals surface area contributed by atoms with Crippen molar-refractivity contribution < 1.29 is 43.1 Å². The lowest BCUT2D eigenvalue weighted by Gasteiger charge is -2.40. The average Bonchev–Trinajstić information content (AvgIpc) is 3.29. The third kappa shape index (κ3) is 18.7. The lowest BCUT2D eigenvalue weighted by atomic mass is 9.71. The fourth-order valence-electron chi connectivity index (χ4n) is 9.30. The summed E-state index contributed by atoms with van der Waals surface area (Å²) < 4.78 is 5.79. The van der Waals surface area contributed by atoms with Gasteiger partial charge in [0.05, 0.1) is 24.7 Å². The Hall–Kier alpha value is -5.34. The number of piperidine rings is 1. The van der Waals surface area contributed by atoms with Crippen LogP contribution in [-0.4, -0.2) is 108 Å². The van der Waals surface area contributed by atoms with Gasteiger partial charge in [-0.3, -0.25) is 43.3 Å². The Labute approximate surface area is 424 Å². The van der Waals surface area contributed by atoms with Crippen LogP contribution in [0.2, 0.25) is 0 Å². The number of carbonyl (C=O) groups is 8. The number of hydrogen-bond acceptors (Lipinski definition) is 10. The second-order valence-electron chi connectivity index (χ2n) is 22.3. The van der Waals surface area contributed by atoms with Crippen molar-refractivity contribution in [3.05, 3.63) is 77.4 Å². The third-order valence-electron chi connectivity index (χ3n) is 13.9. The van der Waals surface area contributed by atoms with E-state index >= 15 is 0 Å². The predicted molar refractivity (Wildman–Crippen MR) is 279 cm³/mol. The van der Waals surface area contributed by atoms with E-state index in [0.717, 1.165) is 11.1 Å². The van der Waals surface area contributed by atoms with E-state index in [-0.39, 0.29) is 103 Å². The van der Waals surface area contributed by atoms with Crippen LogP contribution in [0.4, 0.5) is 5.69 Å². The molecule has 4 amide bonds. The van der Waals surface area contributed by atoms with Gasteiger partial charge in [-0.2, -0.15) is 0 Å². The van der Waals surface area contributed by atoms with Crippen LogP contribution in [0, 0.1) is 35.0 Å². The van der Waals surface area contributed by atoms with E-state index < -0.39 is 40.8 Å². The molecular weight excluding hydrogens is 899 g/mol. The number of ketones is 4. The molecule has 0 saturated carbocycles. The van der Waals surface area contributed by atoms with E-state index in [2.05, 4.69) is 29.8 Å². The van der Waals surface area contributed by atoms with Crippen molar-refractivity contribution in [1.29, 1.82) is 0 Å². The minimum atomic E-state index is -0.781. The van der Waals surface area contributed by atoms with Crippen LogP contribution in [-0.2, 0) is 55.1 Å². The Balaban J connectivity index is 1.49. The summed E-state index contributed by atoms with van der Waals surface area (Å²) in [5.74, 6) is -2.87. The molecule has 14 nitrogen and oxygen atoms in total. The fourth-order valence-corrected chi connectivity index (χ4v) is 9.30. The number of Topliss-reactive ketones (excluding diaryl/α,β-unsaturated/α-hetero) is 4. The van der Waals surface area contributed by atoms with Gasteiger partial charge in [0.2, 0.25) is 23.6 Å². The molecule has 2 aromatic carbocycles. The highest BCUT2D eigenvalue weighted by atomic mass is 16.5. The number of rotatable bonds is 27. The molecule has 1 aliphatic rings. The smallest absolute Gasteiger partial charge is 0.227 e. The summed E-state index contributed by atoms with van der Waals surface area (Å²) in [6.07, 6.45) is 3.71. The molecule has 14 heteroatoms. The van der Waals surface area contributed by atoms with Crippen LogP contribution in [0.3, 0.4) is 0 Å². The van der Waals surface area contributed by atoms with Crippen molar-refractivity contribution in [3.8, 4) is 0 Å². The summed E-state index contributed by atoms with van der Waals surface area (Å²) in [7, 11) is 3.79. The number of likely N-dealkylation sites (N-methyl/N-ethyl adjacent to an activating group) is 1. The summed E-state index contributed by atoms with van der Waals surface area (Å²) in [6.45, 7) is 23.6. The minimum absolute atomic E-state index is 0.00471. The minimum Gasteiger partial charge on any atom is -0.369 e. The molecule has 0 aliphatic carbocycles. The quantitative estimate of drug-likeness (QED) is 0.0739. The molecule has 0 bridgehead atoms. The molecule has 1 saturated heterocycles. The molecule has 392 valence electrons. The number of carbonyl (C=O) groups excluding carboxylic acids is 8. The van der Waals surface area contributed by atoms with E-state index in [1.165, 1.54) is 0 Å². The first-order chi connectivity index (χ1) is 33.1. The number of benzene rings is 2. The highest BCUT2D eigenvalue weighted by molar-refractivity contribution is 5.98. The largest absolute Gasteiger partial charge is 0.369 e. The summed E-state index contributed by atoms with van der Waals surface area (Å²) in [4.78, 5) is 109. The van der Waals surface area contributed by atoms with Gasteiger partial charge >= 0.3 is 0 Å². The maximum Gasteiger partial charge on any atom is 0.227 e. The van der Waals surface area contributed by atoms with Gasteiger partial charge in [-0.25, -0.2) is 0 Å². The van der Waals surface area contributed by atoms with E-state index in [1.807, 2.05) is 97.8 Å². The van der Waals surface area contributed by atoms with Crippen molar-refractivity contribution >= 4 is 52.4 Å². The maximum atomic E-state index is 14.2. The van der Waals surface area contributed by atoms with Crippen molar-refractivity contribution in [2.24, 2.45) is 35.0 Å². The van der Waals surface area contributed by atoms with E-state index in [4.69, 9.17) is 4.74 Å². The number of likely N-dealkylation sites (tertiary alicyclic amines) is 1. The Morgan fingerprint density at radius 2 is 1.37 bits per heavy atom. The van der Waals surface area contributed by atoms with E-state index in [1.54, 1.807) is 56.0 Å². The van der Waals surface area contributed by atoms with E-state index in [0.29, 0.717) is 43.6 Å². The summed E-state index contributed by atoms with van der Waals surface area (Å²) in [5, 5.41) is 8.82. The number of nitrogens with one attached hydrogen (secondary N) is 3. The van der Waals surface area contributed by atoms with Crippen LogP contribution >= 0.6 is 0 Å². The molecule has 0 radical (unpaired) electrons. The van der Waals surface area contributed by atoms with Crippen LogP contribution in [0.15, 0.2) is 66.2 Å². The Morgan fingerprint density at radius 3 is 1.90 bits per heavy atom. The lowest BCUT2D eigenvalue weighted by Crippen LogP contribution is -2.52. The number of hydrogen-bond donors (Lipinski definition) is 3. The van der Waals surface area contributed by atoms with Crippen molar-refractivity contribution in [3.63, 3.8) is 0 Å². The zero-order valence-corrected chi connectivity index (χ0v) is 45.2. The van der Waals surface area contributed by atoms with Gasteiger partial charge in [0.1, 0.15) is 12.4 Å². The standard InChI is InChI=1S/C57H85N5O9/c1-36(2)46(59-55(70)45(56(8,9)10)33-48(65)53(61(13)14)57(11,12)43-19-16-15-17-20-43)31-38(5)49(66)35-71-34-41-23-25-44(26-24-41)58-54(69)39(6)32-47(64)52(37(3)4)60-50(67)21-18-22-51(68)62-29-27-42(28-30-62)40(7)63/h15-17,19-20,23-26,31,36-37,39,42,45-46,52-53H,18,21-22,27-30,32-35H2,1-14H3,(H,58,69)(H,59,70)(H,60,67)/b38-31+/t39-,45-,46-,52+,53-/m1/s1. The second kappa shape index (κ2) is 27.5. The van der Waals surface area contributed by atoms with Crippen LogP contribution < -0.4 is 16.0 Å². The number of ether oxygens (including phenoxy) is 1. The monoisotopic (exact) mass is 984 g/mol. The van der Waals surface area contributed by atoms with Gasteiger partial charge in [0, 0.05) is 67.6 Å². The van der Waals surface area contributed by atoms with E-state index in [9.17, 15) is 38.4 Å². The molecule has 5 atom stereocenters. The first kappa shape index (κ1) is 60.0. The molecule has 1 heterocycles. The average molecular weight is 984 g/mol. The molecule has 1 aliphatic heterocycles. The van der Waals surface area contributed by atoms with Gasteiger partial charge in [-0.15, -0.1) is 0 Å². The van der Waals surface area contributed by atoms with Gasteiger partial charge < -0.3 is 25.6 Å². The summed E-state index contributed by atoms with van der Waals surface area (Å²) in [6, 6.07) is 15.2. The Bertz CT molecular complexity index is 2170. The predicted octanol–water partition coefficient (Wildman–Crippen LogP) is 8.06. The van der Waals surface area contributed by atoms with Gasteiger partial charge in [-0.05, 0) is 93.3 Å². The molecule has 71 heavy (non-hydrogen) atoms. The Morgan fingerprint density at radius 1 is 0.761 bits per heavy atom. The number of anilines is 1. The van der Waals surface area contributed by atoms with Crippen molar-refractivity contribution in [2.75, 3.05) is 39.1 Å². The van der Waals surface area contributed by atoms with Gasteiger partial charge in [0.25, 0.3) is 0 Å². The van der Waals surface area contributed by atoms with Gasteiger partial charge in [0.15, 0.2) is 17.3 Å². The molecule has 0 unspecified atom stereocenters. The zero-order valence-electron chi connectivity index (χ0n) is 45.2. The topological polar surface area (TPSA) is 188 Å². The second-order valence-corrected chi connectivity index (χ2v) is 22.3. The SMILES string of the molecule is CC(=O)C1CCN(C(=O)CCCC(=O)N[C@H](C(=O)C[C@@H](C)C(=O)Nc2ccc(COCC(=O)/C(C)=C/[C@@H](NC(=O)[C@@H](CC(=O)[C@@H](N(C)C)C(C)(C)c3ccccc3)C(C)(C)C)C(C)C)cc2)C(C)C)CC1. The highest BCUT2D eigenvalue weighted by Crippen LogP contribution is 2.35. The molecule has 0 aromatic heterocycles. The van der Waals surface area contributed by atoms with Crippen LogP contribution in [0.1, 0.15) is 139 Å². The molecule has 3 N–H and O–H groups in total. The summed E-state index contributed by atoms with van der Waals surface area (Å²) in [5.41, 5.74) is 1.74. The fraction of sp³-hybridized carbons (Fsp3) is 0.614. The third-order valence-corrected chi connectivity index (χ3v) is 13.9. The molecule has 0 spiro atoms. The number of amides is 4. The first-order valence-electron chi connectivity index (χ1n) is 25.5. The van der Waals surface area contributed by atoms with Crippen molar-refractivity contribution in [1.82, 2.24) is 20.4 Å². The summed E-state index contributed by atoms with van der Waals surface area (Å²) >= 11 is 0. The Kier molecular flexibility index (Phi) is 23.2. The molecule has 2 aromatic rings. The van der Waals surface area contributed by atoms with Crippen LogP contribution in [0.5, 0.6) is 0 Å². The lowest BCUT2D eigenvalue weighted by molar-refractivity contribution is -0.136. The molecule has 3 rings (SSSR count). The van der Waals surface area contributed by atoms with Gasteiger partial charge in [-0.1, -0.05) is 118 Å². The number of nitrogens with zero attached hydrogens (tertiary/aromatic N) is 2. The van der Waals surface area contributed by atoms with Crippen molar-refractivity contribution in [2.45, 2.75) is 158 Å².